The Morgan fingerprint density at radius 1 is 1.23 bits per heavy atom. The van der Waals surface area contributed by atoms with Crippen LogP contribution in [-0.2, 0) is 25.9 Å². The first-order valence-corrected chi connectivity index (χ1v) is 10.8. The Balaban J connectivity index is 1.48. The van der Waals surface area contributed by atoms with E-state index in [-0.39, 0.29) is 12.1 Å². The second-order valence-electron chi connectivity index (χ2n) is 6.78. The van der Waals surface area contributed by atoms with Crippen LogP contribution in [0.4, 0.5) is 9.93 Å². The molecule has 0 aromatic carbocycles. The summed E-state index contributed by atoms with van der Waals surface area (Å²) in [7, 11) is 4.69. The largest absolute Gasteiger partial charge is 0.376 e. The minimum atomic E-state index is -0.446. The number of urea groups is 1. The molecular formula is C16H20N8O4S2. The number of hydrogen-bond donors (Lipinski definition) is 2. The van der Waals surface area contributed by atoms with Gasteiger partial charge in [0.25, 0.3) is 5.56 Å². The molecule has 160 valence electrons. The number of carbonyl (C=O) groups excluding carboxylic acids is 1. The molecule has 0 bridgehead atoms. The number of nitrogens with one attached hydrogen (secondary N) is 2. The van der Waals surface area contributed by atoms with Crippen molar-refractivity contribution in [3.8, 4) is 0 Å². The lowest BCUT2D eigenvalue weighted by atomic mass is 10.2. The zero-order chi connectivity index (χ0) is 21.4. The van der Waals surface area contributed by atoms with Gasteiger partial charge in [0.1, 0.15) is 0 Å². The van der Waals surface area contributed by atoms with Gasteiger partial charge >= 0.3 is 11.7 Å². The van der Waals surface area contributed by atoms with Crippen molar-refractivity contribution >= 4 is 45.4 Å². The highest BCUT2D eigenvalue weighted by molar-refractivity contribution is 8.01. The second-order valence-corrected chi connectivity index (χ2v) is 8.97. The number of carbonyl (C=O) groups is 1. The number of aromatic nitrogens is 6. The van der Waals surface area contributed by atoms with E-state index in [4.69, 9.17) is 4.74 Å². The van der Waals surface area contributed by atoms with E-state index >= 15 is 0 Å². The van der Waals surface area contributed by atoms with Gasteiger partial charge in [0.05, 0.1) is 6.10 Å². The van der Waals surface area contributed by atoms with Crippen LogP contribution in [0.25, 0.3) is 11.2 Å². The number of anilines is 1. The van der Waals surface area contributed by atoms with Crippen LogP contribution in [0.15, 0.2) is 19.1 Å². The summed E-state index contributed by atoms with van der Waals surface area (Å²) in [5, 5.41) is 14.2. The third-order valence-electron chi connectivity index (χ3n) is 4.75. The van der Waals surface area contributed by atoms with Gasteiger partial charge in [-0.2, -0.15) is 0 Å². The first kappa shape index (κ1) is 20.6. The number of aryl methyl sites for hydroxylation is 2. The molecular weight excluding hydrogens is 432 g/mol. The highest BCUT2D eigenvalue weighted by Gasteiger charge is 2.20. The van der Waals surface area contributed by atoms with Crippen molar-refractivity contribution in [3.05, 3.63) is 20.8 Å². The van der Waals surface area contributed by atoms with E-state index < -0.39 is 11.2 Å². The SMILES string of the molecule is Cn1c(=O)c2c(nc(Sc3nnc(NC(=O)NC[C@H]4CCCO4)s3)n2C)n(C)c1=O. The monoisotopic (exact) mass is 452 g/mol. The third-order valence-corrected chi connectivity index (χ3v) is 6.69. The molecule has 1 atom stereocenters. The molecule has 12 nitrogen and oxygen atoms in total. The van der Waals surface area contributed by atoms with Gasteiger partial charge in [-0.15, -0.1) is 10.2 Å². The van der Waals surface area contributed by atoms with Crippen molar-refractivity contribution in [2.45, 2.75) is 28.4 Å². The summed E-state index contributed by atoms with van der Waals surface area (Å²) in [6.45, 7) is 1.17. The van der Waals surface area contributed by atoms with Gasteiger partial charge in [0.2, 0.25) is 5.13 Å². The van der Waals surface area contributed by atoms with Gasteiger partial charge in [0.15, 0.2) is 20.7 Å². The average Bonchev–Trinajstić information content (AvgIpc) is 3.45. The van der Waals surface area contributed by atoms with Gasteiger partial charge in [-0.3, -0.25) is 19.2 Å². The molecule has 0 spiro atoms. The van der Waals surface area contributed by atoms with Crippen molar-refractivity contribution in [2.75, 3.05) is 18.5 Å². The number of ether oxygens (including phenoxy) is 1. The molecule has 1 saturated heterocycles. The van der Waals surface area contributed by atoms with E-state index in [1.54, 1.807) is 18.7 Å². The quantitative estimate of drug-likeness (QED) is 0.526. The number of rotatable bonds is 5. The number of imidazole rings is 1. The van der Waals surface area contributed by atoms with Gasteiger partial charge in [-0.1, -0.05) is 11.3 Å². The summed E-state index contributed by atoms with van der Waals surface area (Å²) in [6.07, 6.45) is 2.00. The maximum absolute atomic E-state index is 12.5. The number of nitrogens with zero attached hydrogens (tertiary/aromatic N) is 6. The molecule has 2 amide bonds. The van der Waals surface area contributed by atoms with E-state index in [9.17, 15) is 14.4 Å². The zero-order valence-corrected chi connectivity index (χ0v) is 18.2. The Kier molecular flexibility index (Phi) is 5.62. The van der Waals surface area contributed by atoms with Crippen LogP contribution in [0.1, 0.15) is 12.8 Å². The summed E-state index contributed by atoms with van der Waals surface area (Å²) < 4.78 is 9.98. The fraction of sp³-hybridized carbons (Fsp3) is 0.500. The van der Waals surface area contributed by atoms with Gasteiger partial charge in [-0.25, -0.2) is 14.6 Å². The lowest BCUT2D eigenvalue weighted by Gasteiger charge is -2.10. The molecule has 4 rings (SSSR count). The molecule has 0 unspecified atom stereocenters. The van der Waals surface area contributed by atoms with E-state index in [0.717, 1.165) is 24.0 Å². The molecule has 4 heterocycles. The Morgan fingerprint density at radius 3 is 2.77 bits per heavy atom. The molecule has 0 saturated carbocycles. The summed E-state index contributed by atoms with van der Waals surface area (Å²) in [5.74, 6) is 0. The maximum atomic E-state index is 12.5. The third kappa shape index (κ3) is 3.85. The highest BCUT2D eigenvalue weighted by atomic mass is 32.2. The smallest absolute Gasteiger partial charge is 0.332 e. The molecule has 2 N–H and O–H groups in total. The molecule has 30 heavy (non-hydrogen) atoms. The van der Waals surface area contributed by atoms with E-state index in [1.807, 2.05) is 0 Å². The van der Waals surface area contributed by atoms with E-state index in [0.29, 0.717) is 32.3 Å². The lowest BCUT2D eigenvalue weighted by molar-refractivity contribution is 0.112. The van der Waals surface area contributed by atoms with Crippen molar-refractivity contribution in [1.29, 1.82) is 0 Å². The topological polar surface area (TPSA) is 138 Å². The van der Waals surface area contributed by atoms with Crippen molar-refractivity contribution in [3.63, 3.8) is 0 Å². The van der Waals surface area contributed by atoms with Crippen molar-refractivity contribution in [2.24, 2.45) is 21.1 Å². The van der Waals surface area contributed by atoms with Gasteiger partial charge in [0, 0.05) is 34.3 Å². The second kappa shape index (κ2) is 8.20. The van der Waals surface area contributed by atoms with Gasteiger partial charge < -0.3 is 14.6 Å². The van der Waals surface area contributed by atoms with Crippen LogP contribution in [-0.4, -0.2) is 54.2 Å². The Hall–Kier alpha value is -2.71. The maximum Gasteiger partial charge on any atom is 0.332 e. The molecule has 0 radical (unpaired) electrons. The lowest BCUT2D eigenvalue weighted by Crippen LogP contribution is -2.37. The predicted molar refractivity (Wildman–Crippen MR) is 111 cm³/mol. The number of hydrogen-bond acceptors (Lipinski definition) is 9. The van der Waals surface area contributed by atoms with E-state index in [1.165, 1.54) is 34.7 Å². The molecule has 3 aromatic rings. The van der Waals surface area contributed by atoms with Crippen LogP contribution in [0, 0.1) is 0 Å². The number of fused-ring (bicyclic) bond motifs is 1. The minimum Gasteiger partial charge on any atom is -0.376 e. The van der Waals surface area contributed by atoms with Crippen LogP contribution >= 0.6 is 23.1 Å². The average molecular weight is 453 g/mol. The van der Waals surface area contributed by atoms with Crippen LogP contribution in [0.5, 0.6) is 0 Å². The van der Waals surface area contributed by atoms with E-state index in [2.05, 4.69) is 25.8 Å². The van der Waals surface area contributed by atoms with Gasteiger partial charge in [-0.05, 0) is 24.6 Å². The molecule has 14 heteroatoms. The summed E-state index contributed by atoms with van der Waals surface area (Å²) >= 11 is 2.37. The Labute approximate surface area is 178 Å². The predicted octanol–water partition coefficient (Wildman–Crippen LogP) is 0.274. The minimum absolute atomic E-state index is 0.0532. The van der Waals surface area contributed by atoms with Crippen molar-refractivity contribution < 1.29 is 9.53 Å². The van der Waals surface area contributed by atoms with Crippen LogP contribution in [0.2, 0.25) is 0 Å². The molecule has 1 aliphatic rings. The standard InChI is InChI=1S/C16H20N8O4S2/c1-22-9-10(23(2)16(27)24(3)11(9)25)18-14(22)30-15-21-20-13(29-15)19-12(26)17-7-8-5-4-6-28-8/h8H,4-7H2,1-3H3,(H2,17,19,20,26)/t8-/m1/s1. The first-order chi connectivity index (χ1) is 14.3. The molecule has 3 aromatic heterocycles. The van der Waals surface area contributed by atoms with Crippen molar-refractivity contribution in [1.82, 2.24) is 34.2 Å². The number of amides is 2. The Bertz CT molecular complexity index is 1220. The molecule has 1 fully saturated rings. The fourth-order valence-electron chi connectivity index (χ4n) is 3.12. The van der Waals surface area contributed by atoms with Crippen LogP contribution in [0.3, 0.4) is 0 Å². The Morgan fingerprint density at radius 2 is 2.03 bits per heavy atom. The zero-order valence-electron chi connectivity index (χ0n) is 16.5. The van der Waals surface area contributed by atoms with Crippen LogP contribution < -0.4 is 21.9 Å². The summed E-state index contributed by atoms with van der Waals surface area (Å²) in [4.78, 5) is 41.0. The highest BCUT2D eigenvalue weighted by Crippen LogP contribution is 2.32. The normalized spacial score (nSPS) is 16.3. The first-order valence-electron chi connectivity index (χ1n) is 9.15. The summed E-state index contributed by atoms with van der Waals surface area (Å²) in [5.41, 5.74) is -0.251. The summed E-state index contributed by atoms with van der Waals surface area (Å²) in [6, 6.07) is -0.376. The molecule has 1 aliphatic heterocycles. The molecule has 0 aliphatic carbocycles. The fourth-order valence-corrected chi connectivity index (χ4v) is 4.82.